The van der Waals surface area contributed by atoms with E-state index in [9.17, 15) is 4.39 Å². The fourth-order valence-corrected chi connectivity index (χ4v) is 1.97. The summed E-state index contributed by atoms with van der Waals surface area (Å²) in [5, 5.41) is 4.54. The first-order chi connectivity index (χ1) is 8.84. The molecular weight excluding hydrogens is 265 g/mol. The molecule has 5 heteroatoms. The van der Waals surface area contributed by atoms with Crippen molar-refractivity contribution in [3.63, 3.8) is 0 Å². The van der Waals surface area contributed by atoms with Gasteiger partial charge in [-0.05, 0) is 18.2 Å². The summed E-state index contributed by atoms with van der Waals surface area (Å²) in [6.07, 6.45) is 0. The Labute approximate surface area is 117 Å². The molecule has 0 aliphatic heterocycles. The Morgan fingerprint density at radius 3 is 2.63 bits per heavy atom. The molecule has 0 spiro atoms. The zero-order chi connectivity index (χ0) is 14.2. The molecule has 2 aromatic rings. The van der Waals surface area contributed by atoms with Gasteiger partial charge >= 0.3 is 0 Å². The highest BCUT2D eigenvalue weighted by molar-refractivity contribution is 6.30. The van der Waals surface area contributed by atoms with E-state index in [0.717, 1.165) is 11.4 Å². The van der Waals surface area contributed by atoms with E-state index in [2.05, 4.69) is 5.10 Å². The van der Waals surface area contributed by atoms with Gasteiger partial charge < -0.3 is 5.73 Å². The average molecular weight is 282 g/mol. The highest BCUT2D eigenvalue weighted by atomic mass is 35.5. The second kappa shape index (κ2) is 4.94. The Hall–Kier alpha value is -1.39. The van der Waals surface area contributed by atoms with Crippen LogP contribution in [-0.2, 0) is 12.0 Å². The van der Waals surface area contributed by atoms with E-state index in [-0.39, 0.29) is 17.0 Å². The number of nitrogens with zero attached hydrogens (tertiary/aromatic N) is 2. The third-order valence-corrected chi connectivity index (χ3v) is 3.21. The Balaban J connectivity index is 2.62. The van der Waals surface area contributed by atoms with Crippen LogP contribution in [0, 0.1) is 5.82 Å². The molecule has 0 atom stereocenters. The molecule has 1 heterocycles. The summed E-state index contributed by atoms with van der Waals surface area (Å²) in [5.74, 6) is -0.484. The number of aromatic nitrogens is 2. The molecule has 0 amide bonds. The van der Waals surface area contributed by atoms with Gasteiger partial charge in [0.1, 0.15) is 5.69 Å². The monoisotopic (exact) mass is 281 g/mol. The number of halogens is 2. The highest BCUT2D eigenvalue weighted by Gasteiger charge is 2.21. The number of nitrogens with two attached hydrogens (primary N) is 1. The van der Waals surface area contributed by atoms with Gasteiger partial charge in [0.25, 0.3) is 0 Å². The average Bonchev–Trinajstić information content (AvgIpc) is 2.76. The van der Waals surface area contributed by atoms with E-state index in [1.807, 2.05) is 26.8 Å². The Morgan fingerprint density at radius 1 is 1.37 bits per heavy atom. The summed E-state index contributed by atoms with van der Waals surface area (Å²) in [6.45, 7) is 6.44. The molecule has 3 nitrogen and oxygen atoms in total. The fourth-order valence-electron chi connectivity index (χ4n) is 1.80. The van der Waals surface area contributed by atoms with Gasteiger partial charge in [0, 0.05) is 12.0 Å². The first-order valence-corrected chi connectivity index (χ1v) is 6.46. The van der Waals surface area contributed by atoms with Crippen molar-refractivity contribution >= 4 is 11.6 Å². The van der Waals surface area contributed by atoms with Gasteiger partial charge in [-0.2, -0.15) is 5.10 Å². The zero-order valence-corrected chi connectivity index (χ0v) is 12.0. The molecule has 2 N–H and O–H groups in total. The SMILES string of the molecule is CC(C)(C)c1cc(CN)n(-c2cccc(Cl)c2F)n1. The maximum Gasteiger partial charge on any atom is 0.167 e. The molecule has 2 rings (SSSR count). The van der Waals surface area contributed by atoms with Crippen LogP contribution in [0.2, 0.25) is 5.02 Å². The molecule has 102 valence electrons. The van der Waals surface area contributed by atoms with Crippen molar-refractivity contribution in [2.75, 3.05) is 0 Å². The largest absolute Gasteiger partial charge is 0.325 e. The van der Waals surface area contributed by atoms with Crippen LogP contribution in [-0.4, -0.2) is 9.78 Å². The molecular formula is C14H17ClFN3. The molecule has 0 aliphatic carbocycles. The number of hydrogen-bond acceptors (Lipinski definition) is 2. The third-order valence-electron chi connectivity index (χ3n) is 2.92. The van der Waals surface area contributed by atoms with Crippen LogP contribution in [0.3, 0.4) is 0 Å². The highest BCUT2D eigenvalue weighted by Crippen LogP contribution is 2.26. The summed E-state index contributed by atoms with van der Waals surface area (Å²) < 4.78 is 15.6. The maximum atomic E-state index is 14.1. The van der Waals surface area contributed by atoms with Gasteiger partial charge in [-0.1, -0.05) is 38.4 Å². The lowest BCUT2D eigenvalue weighted by Gasteiger charge is -2.14. The molecule has 0 saturated carbocycles. The summed E-state index contributed by atoms with van der Waals surface area (Å²) >= 11 is 5.81. The van der Waals surface area contributed by atoms with Crippen molar-refractivity contribution in [1.29, 1.82) is 0 Å². The Kier molecular flexibility index (Phi) is 3.65. The van der Waals surface area contributed by atoms with Crippen LogP contribution in [0.25, 0.3) is 5.69 Å². The molecule has 0 bridgehead atoms. The van der Waals surface area contributed by atoms with E-state index in [4.69, 9.17) is 17.3 Å². The smallest absolute Gasteiger partial charge is 0.167 e. The van der Waals surface area contributed by atoms with Crippen molar-refractivity contribution < 1.29 is 4.39 Å². The first kappa shape index (κ1) is 14.0. The van der Waals surface area contributed by atoms with Crippen LogP contribution in [0.15, 0.2) is 24.3 Å². The quantitative estimate of drug-likeness (QED) is 0.917. The number of hydrogen-bond donors (Lipinski definition) is 1. The third kappa shape index (κ3) is 2.65. The predicted octanol–water partition coefficient (Wildman–Crippen LogP) is 3.42. The van der Waals surface area contributed by atoms with Gasteiger partial charge in [-0.3, -0.25) is 0 Å². The summed E-state index contributed by atoms with van der Waals surface area (Å²) in [6, 6.07) is 6.75. The standard InChI is InChI=1S/C14H17ClFN3/c1-14(2,3)12-7-9(8-17)19(18-12)11-6-4-5-10(15)13(11)16/h4-7H,8,17H2,1-3H3. The molecule has 1 aromatic carbocycles. The second-order valence-corrected chi connectivity index (χ2v) is 5.87. The minimum Gasteiger partial charge on any atom is -0.325 e. The second-order valence-electron chi connectivity index (χ2n) is 5.46. The topological polar surface area (TPSA) is 43.8 Å². The molecule has 19 heavy (non-hydrogen) atoms. The minimum atomic E-state index is -0.484. The predicted molar refractivity (Wildman–Crippen MR) is 75.1 cm³/mol. The van der Waals surface area contributed by atoms with Crippen LogP contribution in [0.5, 0.6) is 0 Å². The van der Waals surface area contributed by atoms with E-state index < -0.39 is 5.82 Å². The molecule has 0 aliphatic rings. The van der Waals surface area contributed by atoms with Crippen LogP contribution >= 0.6 is 11.6 Å². The Morgan fingerprint density at radius 2 is 2.05 bits per heavy atom. The van der Waals surface area contributed by atoms with E-state index in [1.165, 1.54) is 10.7 Å². The fraction of sp³-hybridized carbons (Fsp3) is 0.357. The van der Waals surface area contributed by atoms with E-state index in [0.29, 0.717) is 5.69 Å². The van der Waals surface area contributed by atoms with Crippen molar-refractivity contribution in [3.05, 3.63) is 46.5 Å². The van der Waals surface area contributed by atoms with Gasteiger partial charge in [-0.15, -0.1) is 0 Å². The van der Waals surface area contributed by atoms with Gasteiger partial charge in [0.15, 0.2) is 5.82 Å². The Bertz CT molecular complexity index is 599. The molecule has 1 aromatic heterocycles. The lowest BCUT2D eigenvalue weighted by molar-refractivity contribution is 0.554. The van der Waals surface area contributed by atoms with Gasteiger partial charge in [0.2, 0.25) is 0 Å². The summed E-state index contributed by atoms with van der Waals surface area (Å²) in [4.78, 5) is 0. The number of benzene rings is 1. The van der Waals surface area contributed by atoms with Crippen molar-refractivity contribution in [1.82, 2.24) is 9.78 Å². The van der Waals surface area contributed by atoms with Crippen LogP contribution < -0.4 is 5.73 Å². The van der Waals surface area contributed by atoms with Crippen molar-refractivity contribution in [3.8, 4) is 5.69 Å². The zero-order valence-electron chi connectivity index (χ0n) is 11.2. The molecule has 0 radical (unpaired) electrons. The molecule has 0 saturated heterocycles. The van der Waals surface area contributed by atoms with Crippen LogP contribution in [0.1, 0.15) is 32.2 Å². The van der Waals surface area contributed by atoms with E-state index in [1.54, 1.807) is 12.1 Å². The normalized spacial score (nSPS) is 11.9. The van der Waals surface area contributed by atoms with E-state index >= 15 is 0 Å². The minimum absolute atomic E-state index is 0.0771. The van der Waals surface area contributed by atoms with Gasteiger partial charge in [0.05, 0.1) is 16.4 Å². The molecule has 0 unspecified atom stereocenters. The molecule has 0 fully saturated rings. The number of rotatable bonds is 2. The lowest BCUT2D eigenvalue weighted by Crippen LogP contribution is -2.13. The van der Waals surface area contributed by atoms with Crippen LogP contribution in [0.4, 0.5) is 4.39 Å². The maximum absolute atomic E-state index is 14.1. The summed E-state index contributed by atoms with van der Waals surface area (Å²) in [7, 11) is 0. The van der Waals surface area contributed by atoms with Crippen molar-refractivity contribution in [2.24, 2.45) is 5.73 Å². The summed E-state index contributed by atoms with van der Waals surface area (Å²) in [5.41, 5.74) is 7.54. The first-order valence-electron chi connectivity index (χ1n) is 6.08. The van der Waals surface area contributed by atoms with Gasteiger partial charge in [-0.25, -0.2) is 9.07 Å². The lowest BCUT2D eigenvalue weighted by atomic mass is 9.92. The van der Waals surface area contributed by atoms with Crippen molar-refractivity contribution in [2.45, 2.75) is 32.7 Å².